The highest BCUT2D eigenvalue weighted by Crippen LogP contribution is 2.30. The van der Waals surface area contributed by atoms with Crippen LogP contribution in [0, 0.1) is 5.92 Å². The van der Waals surface area contributed by atoms with Gasteiger partial charge in [0.25, 0.3) is 0 Å². The van der Waals surface area contributed by atoms with E-state index in [1.165, 1.54) is 17.7 Å². The van der Waals surface area contributed by atoms with Crippen LogP contribution in [0.5, 0.6) is 5.75 Å². The molecule has 1 heterocycles. The molecule has 0 radical (unpaired) electrons. The number of hydrogen-bond donors (Lipinski definition) is 2. The van der Waals surface area contributed by atoms with Gasteiger partial charge in [-0.2, -0.15) is 0 Å². The third-order valence-electron chi connectivity index (χ3n) is 4.99. The molecular weight excluding hydrogens is 410 g/mol. The smallest absolute Gasteiger partial charge is 0.325 e. The van der Waals surface area contributed by atoms with E-state index < -0.39 is 16.1 Å². The van der Waals surface area contributed by atoms with Crippen LogP contribution in [-0.4, -0.2) is 57.5 Å². The van der Waals surface area contributed by atoms with E-state index in [4.69, 9.17) is 9.47 Å². The summed E-state index contributed by atoms with van der Waals surface area (Å²) in [6.07, 6.45) is 2.95. The van der Waals surface area contributed by atoms with Gasteiger partial charge in [-0.05, 0) is 49.8 Å². The van der Waals surface area contributed by atoms with Gasteiger partial charge in [-0.3, -0.25) is 10.1 Å². The average molecular weight is 440 g/mol. The molecule has 1 aromatic rings. The molecule has 9 nitrogen and oxygen atoms in total. The van der Waals surface area contributed by atoms with Crippen molar-refractivity contribution < 1.29 is 27.5 Å². The summed E-state index contributed by atoms with van der Waals surface area (Å²) in [7, 11) is -3.49. The molecule has 0 spiro atoms. The Morgan fingerprint density at radius 3 is 2.83 bits per heavy atom. The minimum atomic E-state index is -3.49. The third kappa shape index (κ3) is 7.26. The van der Waals surface area contributed by atoms with Gasteiger partial charge < -0.3 is 14.4 Å². The third-order valence-corrected chi connectivity index (χ3v) is 6.53. The summed E-state index contributed by atoms with van der Waals surface area (Å²) in [5, 5.41) is 2.21. The molecule has 1 saturated heterocycles. The summed E-state index contributed by atoms with van der Waals surface area (Å²) in [6, 6.07) is 6.61. The highest BCUT2D eigenvalue weighted by molar-refractivity contribution is 7.89. The number of sulfonamides is 1. The second-order valence-corrected chi connectivity index (χ2v) is 9.62. The Labute approximate surface area is 177 Å². The molecule has 2 N–H and O–H groups in total. The van der Waals surface area contributed by atoms with Crippen LogP contribution in [0.15, 0.2) is 24.3 Å². The Balaban J connectivity index is 1.37. The molecule has 1 aromatic carbocycles. The van der Waals surface area contributed by atoms with E-state index in [-0.39, 0.29) is 37.5 Å². The quantitative estimate of drug-likeness (QED) is 0.480. The van der Waals surface area contributed by atoms with Crippen molar-refractivity contribution in [2.24, 2.45) is 5.92 Å². The topological polar surface area (TPSA) is 114 Å². The lowest BCUT2D eigenvalue weighted by Gasteiger charge is -2.26. The molecule has 3 amide bonds. The molecule has 2 fully saturated rings. The summed E-state index contributed by atoms with van der Waals surface area (Å²) in [4.78, 5) is 24.1. The number of ether oxygens (including phenoxy) is 2. The van der Waals surface area contributed by atoms with Crippen molar-refractivity contribution in [3.05, 3.63) is 29.8 Å². The first-order valence-corrected chi connectivity index (χ1v) is 11.9. The highest BCUT2D eigenvalue weighted by atomic mass is 32.2. The van der Waals surface area contributed by atoms with Crippen LogP contribution >= 0.6 is 0 Å². The molecule has 1 saturated carbocycles. The lowest BCUT2D eigenvalue weighted by molar-refractivity contribution is -0.122. The van der Waals surface area contributed by atoms with Crippen LogP contribution in [0.3, 0.4) is 0 Å². The van der Waals surface area contributed by atoms with Crippen molar-refractivity contribution in [1.82, 2.24) is 14.9 Å². The maximum absolute atomic E-state index is 12.4. The second-order valence-electron chi connectivity index (χ2n) is 7.74. The Morgan fingerprint density at radius 1 is 1.30 bits per heavy atom. The zero-order chi connectivity index (χ0) is 21.6. The molecule has 2 aliphatic rings. The van der Waals surface area contributed by atoms with E-state index >= 15 is 0 Å². The predicted molar refractivity (Wildman–Crippen MR) is 110 cm³/mol. The summed E-state index contributed by atoms with van der Waals surface area (Å²) in [5.74, 6) is 1.02. The standard InChI is InChI=1S/C20H29N3O6S/c1-15(17-4-2-5-18(12-17)29-13-16-6-7-16)22-30(26,27)11-3-10-28-14-23-9-8-19(24)21-20(23)25/h2,4-5,12,15-16,22H,3,6-11,13-14H2,1H3,(H,21,24,25)/t15-/m1/s1. The van der Waals surface area contributed by atoms with Gasteiger partial charge in [0.2, 0.25) is 15.9 Å². The number of amides is 3. The van der Waals surface area contributed by atoms with E-state index in [9.17, 15) is 18.0 Å². The minimum absolute atomic E-state index is 0.0244. The van der Waals surface area contributed by atoms with Crippen LogP contribution in [-0.2, 0) is 19.6 Å². The largest absolute Gasteiger partial charge is 0.493 e. The molecule has 1 aliphatic heterocycles. The summed E-state index contributed by atoms with van der Waals surface area (Å²) in [5.41, 5.74) is 0.841. The van der Waals surface area contributed by atoms with Crippen molar-refractivity contribution in [3.63, 3.8) is 0 Å². The fraction of sp³-hybridized carbons (Fsp3) is 0.600. The molecule has 1 aliphatic carbocycles. The molecule has 0 aromatic heterocycles. The second kappa shape index (κ2) is 10.2. The number of nitrogens with zero attached hydrogens (tertiary/aromatic N) is 1. The number of nitrogens with one attached hydrogen (secondary N) is 2. The number of rotatable bonds is 12. The van der Waals surface area contributed by atoms with Crippen LogP contribution < -0.4 is 14.8 Å². The number of carbonyl (C=O) groups excluding carboxylic acids is 2. The lowest BCUT2D eigenvalue weighted by atomic mass is 10.1. The summed E-state index contributed by atoms with van der Waals surface area (Å²) < 4.78 is 38.5. The number of imide groups is 1. The number of hydrogen-bond acceptors (Lipinski definition) is 6. The van der Waals surface area contributed by atoms with E-state index in [1.54, 1.807) is 6.92 Å². The van der Waals surface area contributed by atoms with Crippen molar-refractivity contribution in [2.75, 3.05) is 32.2 Å². The maximum Gasteiger partial charge on any atom is 0.325 e. The average Bonchev–Trinajstić information content (AvgIpc) is 3.52. The van der Waals surface area contributed by atoms with E-state index in [0.717, 1.165) is 11.3 Å². The lowest BCUT2D eigenvalue weighted by Crippen LogP contribution is -2.50. The van der Waals surface area contributed by atoms with Gasteiger partial charge >= 0.3 is 6.03 Å². The Hall–Kier alpha value is -2.17. The van der Waals surface area contributed by atoms with Crippen LogP contribution in [0.2, 0.25) is 0 Å². The van der Waals surface area contributed by atoms with Crippen molar-refractivity contribution in [3.8, 4) is 5.75 Å². The van der Waals surface area contributed by atoms with Gasteiger partial charge in [-0.1, -0.05) is 12.1 Å². The van der Waals surface area contributed by atoms with Crippen LogP contribution in [0.1, 0.15) is 44.2 Å². The highest BCUT2D eigenvalue weighted by Gasteiger charge is 2.23. The van der Waals surface area contributed by atoms with E-state index in [2.05, 4.69) is 10.0 Å². The van der Waals surface area contributed by atoms with E-state index in [0.29, 0.717) is 25.5 Å². The molecule has 0 unspecified atom stereocenters. The van der Waals surface area contributed by atoms with Gasteiger partial charge in [0.1, 0.15) is 12.5 Å². The Bertz CT molecular complexity index is 856. The Kier molecular flexibility index (Phi) is 7.68. The van der Waals surface area contributed by atoms with Crippen LogP contribution in [0.25, 0.3) is 0 Å². The van der Waals surface area contributed by atoms with Crippen molar-refractivity contribution in [1.29, 1.82) is 0 Å². The molecule has 3 rings (SSSR count). The zero-order valence-corrected chi connectivity index (χ0v) is 17.9. The van der Waals surface area contributed by atoms with Gasteiger partial charge in [0.05, 0.1) is 12.4 Å². The molecule has 1 atom stereocenters. The zero-order valence-electron chi connectivity index (χ0n) is 17.1. The van der Waals surface area contributed by atoms with E-state index in [1.807, 2.05) is 24.3 Å². The first kappa shape index (κ1) is 22.5. The molecule has 0 bridgehead atoms. The van der Waals surface area contributed by atoms with Crippen molar-refractivity contribution in [2.45, 2.75) is 38.6 Å². The minimum Gasteiger partial charge on any atom is -0.493 e. The van der Waals surface area contributed by atoms with Gasteiger partial charge in [0, 0.05) is 25.6 Å². The molecular formula is C20H29N3O6S. The maximum atomic E-state index is 12.4. The molecule has 166 valence electrons. The Morgan fingerprint density at radius 2 is 2.10 bits per heavy atom. The molecule has 30 heavy (non-hydrogen) atoms. The fourth-order valence-corrected chi connectivity index (χ4v) is 4.31. The number of benzene rings is 1. The number of urea groups is 1. The summed E-state index contributed by atoms with van der Waals surface area (Å²) >= 11 is 0. The predicted octanol–water partition coefficient (Wildman–Crippen LogP) is 1.76. The van der Waals surface area contributed by atoms with Gasteiger partial charge in [-0.25, -0.2) is 17.9 Å². The van der Waals surface area contributed by atoms with Crippen LogP contribution in [0.4, 0.5) is 4.79 Å². The van der Waals surface area contributed by atoms with Gasteiger partial charge in [0.15, 0.2) is 0 Å². The first-order chi connectivity index (χ1) is 14.3. The van der Waals surface area contributed by atoms with Gasteiger partial charge in [-0.15, -0.1) is 0 Å². The molecule has 10 heteroatoms. The SMILES string of the molecule is C[C@@H](NS(=O)(=O)CCCOCN1CCC(=O)NC1=O)c1cccc(OCC2CC2)c1. The normalized spacial score (nSPS) is 18.2. The fourth-order valence-electron chi connectivity index (χ4n) is 3.02. The van der Waals surface area contributed by atoms with Crippen molar-refractivity contribution >= 4 is 22.0 Å². The monoisotopic (exact) mass is 439 g/mol. The summed E-state index contributed by atoms with van der Waals surface area (Å²) in [6.45, 7) is 3.02. The first-order valence-electron chi connectivity index (χ1n) is 10.2. The number of carbonyl (C=O) groups is 2.